The van der Waals surface area contributed by atoms with Gasteiger partial charge in [0.05, 0.1) is 0 Å². The Balaban J connectivity index is 1.86. The van der Waals surface area contributed by atoms with Gasteiger partial charge in [0.15, 0.2) is 6.23 Å². The Bertz CT molecular complexity index is 624. The quantitative estimate of drug-likeness (QED) is 0.754. The number of methoxy groups -OCH3 is 1. The number of nitrogens with zero attached hydrogens (tertiary/aromatic N) is 3. The minimum Gasteiger partial charge on any atom is -0.360 e. The summed E-state index contributed by atoms with van der Waals surface area (Å²) in [5.41, 5.74) is 6.63. The number of hydrogen-bond donors (Lipinski definition) is 1. The maximum absolute atomic E-state index is 13.2. The predicted octanol–water partition coefficient (Wildman–Crippen LogP) is 1.93. The second-order valence-electron chi connectivity index (χ2n) is 6.83. The molecule has 2 atom stereocenters. The van der Waals surface area contributed by atoms with Gasteiger partial charge in [0.25, 0.3) is 5.91 Å². The molecular formula is C19H28N4O3. The fourth-order valence-corrected chi connectivity index (χ4v) is 3.75. The summed E-state index contributed by atoms with van der Waals surface area (Å²) in [4.78, 5) is 28.2. The smallest absolute Gasteiger partial charge is 0.339 e. The van der Waals surface area contributed by atoms with Crippen molar-refractivity contribution in [2.24, 2.45) is 5.73 Å². The first-order chi connectivity index (χ1) is 12.7. The van der Waals surface area contributed by atoms with Crippen molar-refractivity contribution in [3.8, 4) is 0 Å². The van der Waals surface area contributed by atoms with Gasteiger partial charge in [0.2, 0.25) is 0 Å². The number of amides is 3. The van der Waals surface area contributed by atoms with Crippen LogP contribution >= 0.6 is 0 Å². The Morgan fingerprint density at radius 3 is 2.65 bits per heavy atom. The lowest BCUT2D eigenvalue weighted by Crippen LogP contribution is -2.70. The van der Waals surface area contributed by atoms with Gasteiger partial charge in [-0.15, -0.1) is 0 Å². The van der Waals surface area contributed by atoms with E-state index in [0.717, 1.165) is 31.2 Å². The summed E-state index contributed by atoms with van der Waals surface area (Å²) in [6.45, 7) is 1.57. The third-order valence-corrected chi connectivity index (χ3v) is 5.11. The fourth-order valence-electron chi connectivity index (χ4n) is 3.75. The van der Waals surface area contributed by atoms with Crippen molar-refractivity contribution < 1.29 is 14.3 Å². The van der Waals surface area contributed by atoms with E-state index in [9.17, 15) is 9.59 Å². The number of carbonyl (C=O) groups excluding carboxylic acids is 2. The zero-order valence-corrected chi connectivity index (χ0v) is 15.3. The van der Waals surface area contributed by atoms with Crippen LogP contribution in [0.15, 0.2) is 30.3 Å². The number of carbonyl (C=O) groups is 2. The Labute approximate surface area is 154 Å². The van der Waals surface area contributed by atoms with E-state index in [2.05, 4.69) is 0 Å². The normalized spacial score (nSPS) is 23.4. The Morgan fingerprint density at radius 2 is 1.96 bits per heavy atom. The lowest BCUT2D eigenvalue weighted by molar-refractivity contribution is -0.199. The van der Waals surface area contributed by atoms with Gasteiger partial charge < -0.3 is 15.4 Å². The van der Waals surface area contributed by atoms with Crippen molar-refractivity contribution in [2.45, 2.75) is 50.9 Å². The van der Waals surface area contributed by atoms with Gasteiger partial charge in [-0.1, -0.05) is 30.3 Å². The molecule has 26 heavy (non-hydrogen) atoms. The van der Waals surface area contributed by atoms with Crippen LogP contribution in [0.1, 0.15) is 37.7 Å². The molecule has 3 rings (SSSR count). The van der Waals surface area contributed by atoms with Crippen molar-refractivity contribution in [3.05, 3.63) is 35.9 Å². The SMILES string of the molecule is COC1CCCN2C(=O)N(Cc3ccccc3)[C@@H](CCCCN)C(=O)N12. The molecule has 0 radical (unpaired) electrons. The van der Waals surface area contributed by atoms with Gasteiger partial charge in [-0.3, -0.25) is 4.79 Å². The first-order valence-electron chi connectivity index (χ1n) is 9.35. The third-order valence-electron chi connectivity index (χ3n) is 5.11. The zero-order chi connectivity index (χ0) is 18.5. The standard InChI is InChI=1S/C19H28N4O3/c1-26-17-11-7-13-22-19(25)21(14-15-8-3-2-4-9-15)16(10-5-6-12-20)18(24)23(17)22/h2-4,8-9,16-17H,5-7,10-14,20H2,1H3/t16-,17?/m0/s1. The van der Waals surface area contributed by atoms with E-state index in [1.54, 1.807) is 22.0 Å². The van der Waals surface area contributed by atoms with Crippen LogP contribution in [0.2, 0.25) is 0 Å². The van der Waals surface area contributed by atoms with E-state index in [0.29, 0.717) is 26.1 Å². The summed E-state index contributed by atoms with van der Waals surface area (Å²) in [6, 6.07) is 9.21. The van der Waals surface area contributed by atoms with Gasteiger partial charge >= 0.3 is 6.03 Å². The highest BCUT2D eigenvalue weighted by Crippen LogP contribution is 2.30. The summed E-state index contributed by atoms with van der Waals surface area (Å²) in [7, 11) is 1.59. The van der Waals surface area contributed by atoms with Crippen molar-refractivity contribution >= 4 is 11.9 Å². The number of rotatable bonds is 7. The Morgan fingerprint density at radius 1 is 1.19 bits per heavy atom. The molecule has 1 aromatic rings. The second kappa shape index (κ2) is 8.51. The first kappa shape index (κ1) is 18.7. The maximum Gasteiger partial charge on any atom is 0.339 e. The average molecular weight is 360 g/mol. The molecule has 2 heterocycles. The molecule has 0 aliphatic carbocycles. The largest absolute Gasteiger partial charge is 0.360 e. The van der Waals surface area contributed by atoms with Gasteiger partial charge in [-0.25, -0.2) is 14.8 Å². The number of hydrazine groups is 1. The van der Waals surface area contributed by atoms with E-state index in [4.69, 9.17) is 10.5 Å². The number of benzene rings is 1. The molecule has 1 aromatic carbocycles. The lowest BCUT2D eigenvalue weighted by Gasteiger charge is -2.51. The summed E-state index contributed by atoms with van der Waals surface area (Å²) in [5.74, 6) is -0.0518. The zero-order valence-electron chi connectivity index (χ0n) is 15.3. The molecule has 2 fully saturated rings. The maximum atomic E-state index is 13.2. The number of unbranched alkanes of at least 4 members (excludes halogenated alkanes) is 1. The molecule has 1 unspecified atom stereocenters. The van der Waals surface area contributed by atoms with Crippen LogP contribution in [-0.4, -0.2) is 59.3 Å². The third kappa shape index (κ3) is 3.68. The van der Waals surface area contributed by atoms with Crippen molar-refractivity contribution in [2.75, 3.05) is 20.2 Å². The molecule has 142 valence electrons. The Hall–Kier alpha value is -2.12. The molecule has 2 N–H and O–H groups in total. The predicted molar refractivity (Wildman–Crippen MR) is 97.7 cm³/mol. The number of hydrogen-bond acceptors (Lipinski definition) is 4. The summed E-state index contributed by atoms with van der Waals surface area (Å²) in [5, 5.41) is 3.10. The average Bonchev–Trinajstić information content (AvgIpc) is 2.68. The summed E-state index contributed by atoms with van der Waals surface area (Å²) < 4.78 is 5.48. The monoisotopic (exact) mass is 360 g/mol. The molecule has 7 heteroatoms. The van der Waals surface area contributed by atoms with Crippen molar-refractivity contribution in [1.82, 2.24) is 14.9 Å². The van der Waals surface area contributed by atoms with Crippen molar-refractivity contribution in [3.63, 3.8) is 0 Å². The molecule has 0 saturated carbocycles. The molecule has 0 bridgehead atoms. The van der Waals surface area contributed by atoms with Crippen LogP contribution in [0.5, 0.6) is 0 Å². The number of nitrogens with two attached hydrogens (primary N) is 1. The van der Waals surface area contributed by atoms with Gasteiger partial charge in [0, 0.05) is 20.2 Å². The molecule has 7 nitrogen and oxygen atoms in total. The van der Waals surface area contributed by atoms with E-state index < -0.39 is 6.04 Å². The molecule has 2 saturated heterocycles. The van der Waals surface area contributed by atoms with Crippen LogP contribution in [-0.2, 0) is 16.1 Å². The number of fused-ring (bicyclic) bond motifs is 1. The van der Waals surface area contributed by atoms with Gasteiger partial charge in [-0.05, 0) is 44.2 Å². The fraction of sp³-hybridized carbons (Fsp3) is 0.579. The van der Waals surface area contributed by atoms with E-state index in [-0.39, 0.29) is 18.2 Å². The first-order valence-corrected chi connectivity index (χ1v) is 9.35. The van der Waals surface area contributed by atoms with E-state index in [1.807, 2.05) is 30.3 Å². The molecule has 2 aliphatic rings. The Kier molecular flexibility index (Phi) is 6.11. The van der Waals surface area contributed by atoms with Crippen LogP contribution in [0.4, 0.5) is 4.79 Å². The van der Waals surface area contributed by atoms with E-state index >= 15 is 0 Å². The van der Waals surface area contributed by atoms with Gasteiger partial charge in [-0.2, -0.15) is 0 Å². The summed E-state index contributed by atoms with van der Waals surface area (Å²) in [6.07, 6.45) is 3.49. The number of ether oxygens (including phenoxy) is 1. The molecule has 0 aromatic heterocycles. The van der Waals surface area contributed by atoms with Crippen LogP contribution in [0.25, 0.3) is 0 Å². The molecule has 3 amide bonds. The highest BCUT2D eigenvalue weighted by molar-refractivity contribution is 5.92. The summed E-state index contributed by atoms with van der Waals surface area (Å²) >= 11 is 0. The van der Waals surface area contributed by atoms with Crippen LogP contribution in [0.3, 0.4) is 0 Å². The van der Waals surface area contributed by atoms with Crippen LogP contribution < -0.4 is 5.73 Å². The van der Waals surface area contributed by atoms with E-state index in [1.165, 1.54) is 0 Å². The lowest BCUT2D eigenvalue weighted by atomic mass is 10.0. The minimum atomic E-state index is -0.471. The molecule has 0 spiro atoms. The number of urea groups is 1. The van der Waals surface area contributed by atoms with Crippen LogP contribution in [0, 0.1) is 0 Å². The highest BCUT2D eigenvalue weighted by atomic mass is 16.5. The highest BCUT2D eigenvalue weighted by Gasteiger charge is 2.48. The molecule has 2 aliphatic heterocycles. The minimum absolute atomic E-state index is 0.0518. The molecular weight excluding hydrogens is 332 g/mol. The topological polar surface area (TPSA) is 79.1 Å². The van der Waals surface area contributed by atoms with Gasteiger partial charge in [0.1, 0.15) is 6.04 Å². The van der Waals surface area contributed by atoms with Crippen molar-refractivity contribution in [1.29, 1.82) is 0 Å². The second-order valence-corrected chi connectivity index (χ2v) is 6.83.